The molecule has 0 saturated carbocycles. The van der Waals surface area contributed by atoms with Gasteiger partial charge < -0.3 is 10.2 Å². The Bertz CT molecular complexity index is 750. The normalized spacial score (nSPS) is 12.3. The number of rotatable bonds is 3. The van der Waals surface area contributed by atoms with Gasteiger partial charge in [-0.2, -0.15) is 0 Å². The quantitative estimate of drug-likeness (QED) is 0.798. The molecule has 106 valence electrons. The molecule has 0 aliphatic rings. The van der Waals surface area contributed by atoms with Gasteiger partial charge in [0, 0.05) is 5.56 Å². The lowest BCUT2D eigenvalue weighted by atomic mass is 10.1. The zero-order valence-corrected chi connectivity index (χ0v) is 12.1. The average molecular weight is 279 g/mol. The van der Waals surface area contributed by atoms with Crippen molar-refractivity contribution in [3.63, 3.8) is 0 Å². The van der Waals surface area contributed by atoms with Crippen molar-refractivity contribution in [2.45, 2.75) is 19.9 Å². The summed E-state index contributed by atoms with van der Waals surface area (Å²) in [4.78, 5) is 0. The van der Waals surface area contributed by atoms with Crippen LogP contribution in [0.2, 0.25) is 0 Å². The molecule has 0 radical (unpaired) electrons. The van der Waals surface area contributed by atoms with Gasteiger partial charge >= 0.3 is 0 Å². The van der Waals surface area contributed by atoms with Crippen molar-refractivity contribution < 1.29 is 4.42 Å². The van der Waals surface area contributed by atoms with E-state index in [-0.39, 0.29) is 0 Å². The second kappa shape index (κ2) is 5.50. The Balaban J connectivity index is 1.91. The van der Waals surface area contributed by atoms with E-state index in [1.165, 1.54) is 11.1 Å². The summed E-state index contributed by atoms with van der Waals surface area (Å²) in [6.07, 6.45) is 0. The summed E-state index contributed by atoms with van der Waals surface area (Å²) < 4.78 is 5.73. The van der Waals surface area contributed by atoms with Crippen molar-refractivity contribution in [2.75, 3.05) is 0 Å². The van der Waals surface area contributed by atoms with E-state index in [0.29, 0.717) is 11.8 Å². The van der Waals surface area contributed by atoms with Crippen LogP contribution in [0.1, 0.15) is 28.6 Å². The van der Waals surface area contributed by atoms with Gasteiger partial charge in [0.2, 0.25) is 11.8 Å². The molecule has 3 rings (SSSR count). The van der Waals surface area contributed by atoms with Crippen LogP contribution < -0.4 is 5.73 Å². The van der Waals surface area contributed by atoms with Crippen molar-refractivity contribution in [1.82, 2.24) is 10.2 Å². The zero-order valence-electron chi connectivity index (χ0n) is 12.1. The molecule has 0 aliphatic carbocycles. The maximum absolute atomic E-state index is 6.17. The fourth-order valence-electron chi connectivity index (χ4n) is 2.15. The number of nitrogens with two attached hydrogens (primary N) is 1. The van der Waals surface area contributed by atoms with Crippen molar-refractivity contribution in [1.29, 1.82) is 0 Å². The molecular formula is C17H17N3O. The van der Waals surface area contributed by atoms with Gasteiger partial charge in [-0.15, -0.1) is 10.2 Å². The molecule has 0 aliphatic heterocycles. The molecule has 1 atom stereocenters. The largest absolute Gasteiger partial charge is 0.419 e. The highest BCUT2D eigenvalue weighted by Crippen LogP contribution is 2.24. The minimum absolute atomic E-state index is 0.404. The Hall–Kier alpha value is -2.46. The minimum Gasteiger partial charge on any atom is -0.419 e. The van der Waals surface area contributed by atoms with Crippen molar-refractivity contribution in [3.8, 4) is 11.5 Å². The molecule has 0 spiro atoms. The number of benzene rings is 2. The Morgan fingerprint density at radius 2 is 1.71 bits per heavy atom. The first-order chi connectivity index (χ1) is 10.1. The predicted octanol–water partition coefficient (Wildman–Crippen LogP) is 3.40. The van der Waals surface area contributed by atoms with E-state index in [4.69, 9.17) is 10.2 Å². The topological polar surface area (TPSA) is 64.9 Å². The lowest BCUT2D eigenvalue weighted by molar-refractivity contribution is 0.484. The van der Waals surface area contributed by atoms with Crippen LogP contribution in [0, 0.1) is 13.8 Å². The molecular weight excluding hydrogens is 262 g/mol. The van der Waals surface area contributed by atoms with E-state index in [0.717, 1.165) is 11.1 Å². The van der Waals surface area contributed by atoms with Crippen molar-refractivity contribution >= 4 is 0 Å². The van der Waals surface area contributed by atoms with Gasteiger partial charge in [-0.05, 0) is 42.7 Å². The van der Waals surface area contributed by atoms with E-state index in [2.05, 4.69) is 24.0 Å². The molecule has 1 heterocycles. The Labute approximate surface area is 123 Å². The van der Waals surface area contributed by atoms with Crippen LogP contribution in [0.15, 0.2) is 52.9 Å². The third-order valence-corrected chi connectivity index (χ3v) is 3.62. The monoisotopic (exact) mass is 279 g/mol. The van der Waals surface area contributed by atoms with Gasteiger partial charge in [-0.1, -0.05) is 36.4 Å². The molecule has 21 heavy (non-hydrogen) atoms. The Kier molecular flexibility index (Phi) is 3.54. The maximum atomic E-state index is 6.17. The summed E-state index contributed by atoms with van der Waals surface area (Å²) in [5.41, 5.74) is 10.5. The average Bonchev–Trinajstić information content (AvgIpc) is 3.00. The van der Waals surface area contributed by atoms with Gasteiger partial charge in [0.1, 0.15) is 6.04 Å². The van der Waals surface area contributed by atoms with Crippen molar-refractivity contribution in [2.24, 2.45) is 5.73 Å². The third-order valence-electron chi connectivity index (χ3n) is 3.62. The molecule has 0 saturated heterocycles. The summed E-state index contributed by atoms with van der Waals surface area (Å²) in [6.45, 7) is 4.13. The number of hydrogen-bond donors (Lipinski definition) is 1. The Morgan fingerprint density at radius 1 is 0.952 bits per heavy atom. The second-order valence-corrected chi connectivity index (χ2v) is 5.13. The molecule has 0 amide bonds. The highest BCUT2D eigenvalue weighted by atomic mass is 16.4. The number of aromatic nitrogens is 2. The first kappa shape index (κ1) is 13.5. The van der Waals surface area contributed by atoms with Crippen LogP contribution >= 0.6 is 0 Å². The van der Waals surface area contributed by atoms with E-state index in [9.17, 15) is 0 Å². The Morgan fingerprint density at radius 3 is 2.43 bits per heavy atom. The summed E-state index contributed by atoms with van der Waals surface area (Å²) in [5.74, 6) is 0.925. The van der Waals surface area contributed by atoms with Gasteiger partial charge in [0.25, 0.3) is 0 Å². The van der Waals surface area contributed by atoms with Crippen LogP contribution in [-0.4, -0.2) is 10.2 Å². The van der Waals surface area contributed by atoms with Crippen LogP contribution in [0.3, 0.4) is 0 Å². The van der Waals surface area contributed by atoms with E-state index in [1.807, 2.05) is 48.5 Å². The van der Waals surface area contributed by atoms with E-state index >= 15 is 0 Å². The summed E-state index contributed by atoms with van der Waals surface area (Å²) >= 11 is 0. The minimum atomic E-state index is -0.404. The molecule has 2 N–H and O–H groups in total. The van der Waals surface area contributed by atoms with Gasteiger partial charge in [0.05, 0.1) is 0 Å². The molecule has 3 aromatic rings. The van der Waals surface area contributed by atoms with E-state index < -0.39 is 6.04 Å². The maximum Gasteiger partial charge on any atom is 0.247 e. The van der Waals surface area contributed by atoms with Crippen molar-refractivity contribution in [3.05, 3.63) is 71.1 Å². The lowest BCUT2D eigenvalue weighted by Gasteiger charge is -2.06. The SMILES string of the molecule is Cc1ccc(-c2nnc(C(N)c3ccccc3)o2)cc1C. The summed E-state index contributed by atoms with van der Waals surface area (Å²) in [7, 11) is 0. The van der Waals surface area contributed by atoms with Crippen LogP contribution in [-0.2, 0) is 0 Å². The summed E-state index contributed by atoms with van der Waals surface area (Å²) in [6, 6.07) is 15.4. The standard InChI is InChI=1S/C17H17N3O/c1-11-8-9-14(10-12(11)2)16-19-20-17(21-16)15(18)13-6-4-3-5-7-13/h3-10,15H,18H2,1-2H3. The first-order valence-corrected chi connectivity index (χ1v) is 6.86. The fraction of sp³-hybridized carbons (Fsp3) is 0.176. The molecule has 4 heteroatoms. The summed E-state index contributed by atoms with van der Waals surface area (Å²) in [5, 5.41) is 8.19. The molecule has 1 unspecified atom stereocenters. The van der Waals surface area contributed by atoms with E-state index in [1.54, 1.807) is 0 Å². The zero-order chi connectivity index (χ0) is 14.8. The number of nitrogens with zero attached hydrogens (tertiary/aromatic N) is 2. The fourth-order valence-corrected chi connectivity index (χ4v) is 2.15. The molecule has 0 fully saturated rings. The van der Waals surface area contributed by atoms with Gasteiger partial charge in [0.15, 0.2) is 0 Å². The van der Waals surface area contributed by atoms with Crippen LogP contribution in [0.5, 0.6) is 0 Å². The highest BCUT2D eigenvalue weighted by Gasteiger charge is 2.17. The number of aryl methyl sites for hydroxylation is 2. The third kappa shape index (κ3) is 2.71. The molecule has 1 aromatic heterocycles. The second-order valence-electron chi connectivity index (χ2n) is 5.13. The first-order valence-electron chi connectivity index (χ1n) is 6.86. The molecule has 2 aromatic carbocycles. The predicted molar refractivity (Wildman–Crippen MR) is 81.7 cm³/mol. The smallest absolute Gasteiger partial charge is 0.247 e. The van der Waals surface area contributed by atoms with Crippen LogP contribution in [0.4, 0.5) is 0 Å². The lowest BCUT2D eigenvalue weighted by Crippen LogP contribution is -2.11. The van der Waals surface area contributed by atoms with Gasteiger partial charge in [-0.3, -0.25) is 0 Å². The van der Waals surface area contributed by atoms with Crippen LogP contribution in [0.25, 0.3) is 11.5 Å². The highest BCUT2D eigenvalue weighted by molar-refractivity contribution is 5.55. The molecule has 4 nitrogen and oxygen atoms in total. The van der Waals surface area contributed by atoms with Gasteiger partial charge in [-0.25, -0.2) is 0 Å². The number of hydrogen-bond acceptors (Lipinski definition) is 4. The molecule has 0 bridgehead atoms.